The van der Waals surface area contributed by atoms with Crippen molar-refractivity contribution < 1.29 is 14.3 Å². The minimum atomic E-state index is -0.100. The highest BCUT2D eigenvalue weighted by atomic mass is 16.5. The van der Waals surface area contributed by atoms with E-state index in [1.165, 1.54) is 6.92 Å². The van der Waals surface area contributed by atoms with Crippen molar-refractivity contribution >= 4 is 23.3 Å². The summed E-state index contributed by atoms with van der Waals surface area (Å²) in [5, 5.41) is 6.44. The van der Waals surface area contributed by atoms with Crippen LogP contribution in [-0.2, 0) is 22.7 Å². The summed E-state index contributed by atoms with van der Waals surface area (Å²) in [5.74, 6) is 1.30. The highest BCUT2D eigenvalue weighted by Crippen LogP contribution is 2.25. The number of methoxy groups -OCH3 is 1. The number of ether oxygens (including phenoxy) is 1. The molecule has 40 heavy (non-hydrogen) atoms. The molecule has 3 aromatic rings. The first-order chi connectivity index (χ1) is 19.3. The molecule has 0 radical (unpaired) electrons. The Hall–Kier alpha value is -4.49. The van der Waals surface area contributed by atoms with Crippen LogP contribution in [0.5, 0.6) is 5.75 Å². The summed E-state index contributed by atoms with van der Waals surface area (Å²) in [7, 11) is 1.65. The zero-order chi connectivity index (χ0) is 28.5. The van der Waals surface area contributed by atoms with Gasteiger partial charge in [-0.1, -0.05) is 67.6 Å². The first-order valence-corrected chi connectivity index (χ1v) is 13.4. The van der Waals surface area contributed by atoms with Crippen molar-refractivity contribution in [3.63, 3.8) is 0 Å². The number of carbonyl (C=O) groups excluding carboxylic acids is 2. The lowest BCUT2D eigenvalue weighted by Crippen LogP contribution is -2.36. The van der Waals surface area contributed by atoms with Crippen molar-refractivity contribution in [3.05, 3.63) is 119 Å². The fraction of sp³-hybridized carbons (Fsp3) is 0.242. The molecular weight excluding hydrogens is 500 g/mol. The third kappa shape index (κ3) is 7.55. The lowest BCUT2D eigenvalue weighted by Gasteiger charge is -2.26. The molecule has 7 nitrogen and oxygen atoms in total. The molecular formula is C33H36N4O3. The Bertz CT molecular complexity index is 1410. The lowest BCUT2D eigenvalue weighted by atomic mass is 9.95. The van der Waals surface area contributed by atoms with Gasteiger partial charge in [0, 0.05) is 43.3 Å². The molecule has 0 bridgehead atoms. The van der Waals surface area contributed by atoms with Gasteiger partial charge in [-0.15, -0.1) is 0 Å². The number of amides is 2. The van der Waals surface area contributed by atoms with Crippen molar-refractivity contribution in [3.8, 4) is 5.75 Å². The van der Waals surface area contributed by atoms with E-state index in [1.54, 1.807) is 18.9 Å². The maximum atomic E-state index is 13.0. The molecule has 1 aliphatic carbocycles. The van der Waals surface area contributed by atoms with Crippen LogP contribution >= 0.6 is 0 Å². The van der Waals surface area contributed by atoms with E-state index in [-0.39, 0.29) is 23.8 Å². The van der Waals surface area contributed by atoms with Gasteiger partial charge in [0.05, 0.1) is 19.3 Å². The number of para-hydroxylation sites is 1. The van der Waals surface area contributed by atoms with Gasteiger partial charge in [-0.05, 0) is 47.9 Å². The summed E-state index contributed by atoms with van der Waals surface area (Å²) in [6.45, 7) is 6.11. The molecule has 0 aliphatic heterocycles. The number of aliphatic imine (C=N–C) groups is 1. The number of hydrogen-bond acceptors (Lipinski definition) is 5. The molecule has 4 rings (SSSR count). The van der Waals surface area contributed by atoms with E-state index in [0.29, 0.717) is 18.9 Å². The first-order valence-electron chi connectivity index (χ1n) is 13.4. The van der Waals surface area contributed by atoms with Gasteiger partial charge in [0.2, 0.25) is 11.8 Å². The zero-order valence-corrected chi connectivity index (χ0v) is 23.4. The minimum Gasteiger partial charge on any atom is -0.496 e. The van der Waals surface area contributed by atoms with Crippen molar-refractivity contribution in [2.45, 2.75) is 39.9 Å². The SMILES string of the molecule is COc1ccc(C(=Nc2ccccc2)N(Cc2ccccc2)C(C)=O)cc1CNC1C=CC(NC(C)=O)=CC1C. The van der Waals surface area contributed by atoms with E-state index < -0.39 is 0 Å². The van der Waals surface area contributed by atoms with E-state index in [1.807, 2.05) is 91.0 Å². The summed E-state index contributed by atoms with van der Waals surface area (Å²) in [5.41, 5.74) is 4.34. The predicted molar refractivity (Wildman–Crippen MR) is 159 cm³/mol. The molecule has 2 amide bonds. The van der Waals surface area contributed by atoms with Crippen LogP contribution in [0.3, 0.4) is 0 Å². The predicted octanol–water partition coefficient (Wildman–Crippen LogP) is 5.51. The largest absolute Gasteiger partial charge is 0.496 e. The summed E-state index contributed by atoms with van der Waals surface area (Å²) in [4.78, 5) is 31.1. The Morgan fingerprint density at radius 3 is 2.30 bits per heavy atom. The third-order valence-electron chi connectivity index (χ3n) is 6.69. The van der Waals surface area contributed by atoms with E-state index in [2.05, 4.69) is 23.6 Å². The standard InChI is InChI=1S/C33H36N4O3/c1-23-19-30(35-24(2)38)16-17-31(23)34-21-28-20-27(15-18-32(28)40-4)33(36-29-13-9-6-10-14-29)37(25(3)39)22-26-11-7-5-8-12-26/h5-20,23,31,34H,21-22H2,1-4H3,(H,35,38). The highest BCUT2D eigenvalue weighted by molar-refractivity contribution is 6.08. The quantitative estimate of drug-likeness (QED) is 0.279. The van der Waals surface area contributed by atoms with Crippen LogP contribution in [0, 0.1) is 5.92 Å². The molecule has 2 N–H and O–H groups in total. The van der Waals surface area contributed by atoms with Crippen LogP contribution in [0.15, 0.2) is 108 Å². The molecule has 7 heteroatoms. The minimum absolute atomic E-state index is 0.0788. The van der Waals surface area contributed by atoms with Gasteiger partial charge in [-0.25, -0.2) is 4.99 Å². The number of benzene rings is 3. The lowest BCUT2D eigenvalue weighted by molar-refractivity contribution is -0.125. The van der Waals surface area contributed by atoms with Crippen molar-refractivity contribution in [2.75, 3.05) is 7.11 Å². The van der Waals surface area contributed by atoms with Gasteiger partial charge in [0.15, 0.2) is 0 Å². The summed E-state index contributed by atoms with van der Waals surface area (Å²) < 4.78 is 5.69. The van der Waals surface area contributed by atoms with Crippen molar-refractivity contribution in [1.82, 2.24) is 15.5 Å². The van der Waals surface area contributed by atoms with E-state index in [9.17, 15) is 9.59 Å². The Balaban J connectivity index is 1.65. The second-order valence-corrected chi connectivity index (χ2v) is 9.82. The van der Waals surface area contributed by atoms with Gasteiger partial charge in [0.1, 0.15) is 11.6 Å². The molecule has 0 heterocycles. The van der Waals surface area contributed by atoms with Crippen molar-refractivity contribution in [1.29, 1.82) is 0 Å². The molecule has 2 atom stereocenters. The fourth-order valence-corrected chi connectivity index (χ4v) is 4.66. The molecule has 0 saturated carbocycles. The Morgan fingerprint density at radius 2 is 1.68 bits per heavy atom. The molecule has 0 fully saturated rings. The maximum Gasteiger partial charge on any atom is 0.225 e. The Kier molecular flexibility index (Phi) is 9.65. The number of nitrogens with one attached hydrogen (secondary N) is 2. The molecule has 0 saturated heterocycles. The van der Waals surface area contributed by atoms with Gasteiger partial charge in [-0.3, -0.25) is 14.5 Å². The Morgan fingerprint density at radius 1 is 0.975 bits per heavy atom. The Labute approximate surface area is 236 Å². The maximum absolute atomic E-state index is 13.0. The molecule has 206 valence electrons. The molecule has 0 spiro atoms. The number of hydrogen-bond donors (Lipinski definition) is 2. The number of amidine groups is 1. The van der Waals surface area contributed by atoms with Crippen LogP contribution in [-0.4, -0.2) is 35.7 Å². The van der Waals surface area contributed by atoms with Gasteiger partial charge < -0.3 is 15.4 Å². The number of carbonyl (C=O) groups is 2. The number of allylic oxidation sites excluding steroid dienone is 1. The van der Waals surface area contributed by atoms with Crippen LogP contribution in [0.1, 0.15) is 37.5 Å². The summed E-state index contributed by atoms with van der Waals surface area (Å²) in [6.07, 6.45) is 6.03. The van der Waals surface area contributed by atoms with Gasteiger partial charge in [0.25, 0.3) is 0 Å². The van der Waals surface area contributed by atoms with Crippen LogP contribution in [0.4, 0.5) is 5.69 Å². The van der Waals surface area contributed by atoms with E-state index >= 15 is 0 Å². The molecule has 2 unspecified atom stereocenters. The molecule has 1 aliphatic rings. The molecule has 0 aromatic heterocycles. The molecule has 3 aromatic carbocycles. The van der Waals surface area contributed by atoms with Crippen LogP contribution in [0.25, 0.3) is 0 Å². The average Bonchev–Trinajstić information content (AvgIpc) is 2.95. The highest BCUT2D eigenvalue weighted by Gasteiger charge is 2.22. The van der Waals surface area contributed by atoms with E-state index in [4.69, 9.17) is 9.73 Å². The average molecular weight is 537 g/mol. The summed E-state index contributed by atoms with van der Waals surface area (Å²) in [6, 6.07) is 25.5. The zero-order valence-electron chi connectivity index (χ0n) is 23.4. The monoisotopic (exact) mass is 536 g/mol. The summed E-state index contributed by atoms with van der Waals surface area (Å²) >= 11 is 0. The third-order valence-corrected chi connectivity index (χ3v) is 6.69. The van der Waals surface area contributed by atoms with Crippen molar-refractivity contribution in [2.24, 2.45) is 10.9 Å². The smallest absolute Gasteiger partial charge is 0.225 e. The van der Waals surface area contributed by atoms with E-state index in [0.717, 1.165) is 33.8 Å². The van der Waals surface area contributed by atoms with Crippen LogP contribution < -0.4 is 15.4 Å². The second kappa shape index (κ2) is 13.5. The number of nitrogens with zero attached hydrogens (tertiary/aromatic N) is 2. The normalized spacial score (nSPS) is 16.7. The first kappa shape index (κ1) is 28.5. The van der Waals surface area contributed by atoms with Crippen LogP contribution in [0.2, 0.25) is 0 Å². The fourth-order valence-electron chi connectivity index (χ4n) is 4.66. The van der Waals surface area contributed by atoms with Gasteiger partial charge >= 0.3 is 0 Å². The second-order valence-electron chi connectivity index (χ2n) is 9.82. The van der Waals surface area contributed by atoms with Gasteiger partial charge in [-0.2, -0.15) is 0 Å². The number of rotatable bonds is 9. The topological polar surface area (TPSA) is 83.0 Å².